The molecule has 6 heavy (non-hydrogen) atoms. The third-order valence-corrected chi connectivity index (χ3v) is 0. The van der Waals surface area contributed by atoms with Gasteiger partial charge in [0.05, 0.1) is 0 Å². The zero-order valence-corrected chi connectivity index (χ0v) is 5.82. The first-order chi connectivity index (χ1) is 1.73. The molecule has 0 aromatic heterocycles. The average molecular weight is 100 g/mol. The number of carbonyl (C=O) groups is 1. The van der Waals surface area contributed by atoms with Crippen LogP contribution in [0, 0.1) is 0 Å². The van der Waals surface area contributed by atoms with Crippen LogP contribution < -0.4 is 34.7 Å². The molecule has 4 heteroatoms. The van der Waals surface area contributed by atoms with Crippen LogP contribution in [0.2, 0.25) is 0 Å². The van der Waals surface area contributed by atoms with Crippen molar-refractivity contribution >= 4 is 5.97 Å². The van der Waals surface area contributed by atoms with E-state index in [0.29, 0.717) is 0 Å². The van der Waals surface area contributed by atoms with Crippen LogP contribution in [0.15, 0.2) is 0 Å². The van der Waals surface area contributed by atoms with Gasteiger partial charge < -0.3 is 15.4 Å². The molecule has 32 valence electrons. The summed E-state index contributed by atoms with van der Waals surface area (Å²) in [6, 6.07) is 0. The fourth-order valence-corrected chi connectivity index (χ4v) is 0. The molecule has 0 unspecified atom stereocenters. The molecule has 0 aromatic rings. The van der Waals surface area contributed by atoms with Crippen molar-refractivity contribution in [2.45, 2.75) is 6.92 Å². The topological polar surface area (TPSA) is 71.6 Å². The second-order valence-electron chi connectivity index (χ2n) is 0.492. The first-order valence-corrected chi connectivity index (χ1v) is 0.908. The first kappa shape index (κ1) is 16.1. The van der Waals surface area contributed by atoms with E-state index >= 15 is 0 Å². The monoisotopic (exact) mass is 100 g/mol. The van der Waals surface area contributed by atoms with Crippen molar-refractivity contribution in [3.05, 3.63) is 0 Å². The minimum absolute atomic E-state index is 0. The zero-order valence-electron chi connectivity index (χ0n) is 3.82. The Balaban J connectivity index is -0.0000000450. The predicted octanol–water partition coefficient (Wildman–Crippen LogP) is -5.06. The van der Waals surface area contributed by atoms with Crippen molar-refractivity contribution < 1.29 is 44.9 Å². The van der Waals surface area contributed by atoms with E-state index in [9.17, 15) is 0 Å². The van der Waals surface area contributed by atoms with Gasteiger partial charge >= 0.3 is 29.6 Å². The van der Waals surface area contributed by atoms with Crippen LogP contribution in [-0.2, 0) is 4.79 Å². The molecule has 0 aromatic carbocycles. The van der Waals surface area contributed by atoms with Gasteiger partial charge in [0.25, 0.3) is 0 Å². The second-order valence-corrected chi connectivity index (χ2v) is 0.492. The van der Waals surface area contributed by atoms with E-state index in [4.69, 9.17) is 9.90 Å². The summed E-state index contributed by atoms with van der Waals surface area (Å²) in [5, 5.41) is 8.89. The van der Waals surface area contributed by atoms with Crippen molar-refractivity contribution in [1.82, 2.24) is 0 Å². The summed E-state index contributed by atoms with van der Waals surface area (Å²) in [7, 11) is 0. The van der Waals surface area contributed by atoms with Gasteiger partial charge in [-0.1, -0.05) is 0 Å². The van der Waals surface area contributed by atoms with Gasteiger partial charge in [0.15, 0.2) is 0 Å². The molecule has 0 aliphatic carbocycles. The summed E-state index contributed by atoms with van der Waals surface area (Å²) < 4.78 is 0. The normalized spacial score (nSPS) is 4.17. The number of carboxylic acid groups (broad SMARTS) is 1. The minimum Gasteiger partial charge on any atom is -0.550 e. The molecule has 0 heterocycles. The number of hydrogen-bond donors (Lipinski definition) is 0. The summed E-state index contributed by atoms with van der Waals surface area (Å²) in [5.41, 5.74) is 0. The van der Waals surface area contributed by atoms with Gasteiger partial charge in [-0.15, -0.1) is 0 Å². The summed E-state index contributed by atoms with van der Waals surface area (Å²) in [5.74, 6) is -1.08. The molecular weight excluding hydrogens is 95.0 g/mol. The van der Waals surface area contributed by atoms with Crippen LogP contribution in [-0.4, -0.2) is 11.4 Å². The van der Waals surface area contributed by atoms with Crippen molar-refractivity contribution in [2.24, 2.45) is 0 Å². The van der Waals surface area contributed by atoms with Crippen molar-refractivity contribution in [3.8, 4) is 0 Å². The summed E-state index contributed by atoms with van der Waals surface area (Å²) >= 11 is 0. The maximum Gasteiger partial charge on any atom is 1.00 e. The van der Waals surface area contributed by atoms with E-state index in [-0.39, 0.29) is 35.0 Å². The molecular formula is C2H5NaO3. The molecule has 0 aliphatic rings. The first-order valence-electron chi connectivity index (χ1n) is 0.908. The minimum atomic E-state index is -1.08. The quantitative estimate of drug-likeness (QED) is 0.286. The fraction of sp³-hybridized carbons (Fsp3) is 0.500. The predicted molar refractivity (Wildman–Crippen MR) is 14.3 cm³/mol. The summed E-state index contributed by atoms with van der Waals surface area (Å²) in [6.45, 7) is 0.972. The van der Waals surface area contributed by atoms with Gasteiger partial charge in [-0.05, 0) is 6.92 Å². The van der Waals surface area contributed by atoms with Crippen LogP contribution in [0.4, 0.5) is 0 Å². The number of rotatable bonds is 0. The number of hydrogen-bond acceptors (Lipinski definition) is 2. The largest absolute Gasteiger partial charge is 1.00 e. The van der Waals surface area contributed by atoms with Crippen LogP contribution in [0.25, 0.3) is 0 Å². The number of carboxylic acids is 1. The van der Waals surface area contributed by atoms with E-state index < -0.39 is 5.97 Å². The molecule has 2 N–H and O–H groups in total. The van der Waals surface area contributed by atoms with Crippen molar-refractivity contribution in [2.75, 3.05) is 0 Å². The average Bonchev–Trinajstić information content (AvgIpc) is 0.811. The Kier molecular flexibility index (Phi) is 24.3. The van der Waals surface area contributed by atoms with Gasteiger partial charge in [0.1, 0.15) is 0 Å². The molecule has 0 amide bonds. The molecule has 0 aliphatic heterocycles. The van der Waals surface area contributed by atoms with E-state index in [1.165, 1.54) is 0 Å². The zero-order chi connectivity index (χ0) is 3.58. The molecule has 0 atom stereocenters. The van der Waals surface area contributed by atoms with Gasteiger partial charge in [-0.3, -0.25) is 0 Å². The van der Waals surface area contributed by atoms with E-state index in [1.54, 1.807) is 0 Å². The Bertz CT molecular complexity index is 31.8. The van der Waals surface area contributed by atoms with Gasteiger partial charge in [-0.25, -0.2) is 0 Å². The third kappa shape index (κ3) is 282. The summed E-state index contributed by atoms with van der Waals surface area (Å²) in [4.78, 5) is 8.89. The Morgan fingerprint density at radius 1 is 1.67 bits per heavy atom. The van der Waals surface area contributed by atoms with Gasteiger partial charge in [-0.2, -0.15) is 0 Å². The third-order valence-electron chi connectivity index (χ3n) is 0. The Hall–Kier alpha value is 0.430. The van der Waals surface area contributed by atoms with Crippen LogP contribution >= 0.6 is 0 Å². The van der Waals surface area contributed by atoms with Crippen LogP contribution in [0.5, 0.6) is 0 Å². The Morgan fingerprint density at radius 2 is 1.67 bits per heavy atom. The maximum absolute atomic E-state index is 8.89. The molecule has 0 saturated heterocycles. The van der Waals surface area contributed by atoms with Gasteiger partial charge in [0, 0.05) is 5.97 Å². The Morgan fingerprint density at radius 3 is 1.67 bits per heavy atom. The maximum atomic E-state index is 8.89. The molecule has 0 spiro atoms. The number of aliphatic carboxylic acids is 1. The second kappa shape index (κ2) is 9.06. The van der Waals surface area contributed by atoms with E-state index in [2.05, 4.69) is 0 Å². The fourth-order valence-electron chi connectivity index (χ4n) is 0. The summed E-state index contributed by atoms with van der Waals surface area (Å²) in [6.07, 6.45) is 0. The standard InChI is InChI=1S/C2H4O2.Na.H2O/c1-2(3)4;;/h1H3,(H,3,4);;1H2/q;+1;/p-1. The van der Waals surface area contributed by atoms with Crippen molar-refractivity contribution in [1.29, 1.82) is 0 Å². The van der Waals surface area contributed by atoms with Crippen molar-refractivity contribution in [3.63, 3.8) is 0 Å². The molecule has 0 radical (unpaired) electrons. The van der Waals surface area contributed by atoms with E-state index in [1.807, 2.05) is 0 Å². The molecule has 0 fully saturated rings. The molecule has 0 saturated carbocycles. The van der Waals surface area contributed by atoms with Gasteiger partial charge in [0.2, 0.25) is 0 Å². The smallest absolute Gasteiger partial charge is 0.550 e. The molecule has 0 bridgehead atoms. The van der Waals surface area contributed by atoms with E-state index in [0.717, 1.165) is 6.92 Å². The van der Waals surface area contributed by atoms with Crippen LogP contribution in [0.1, 0.15) is 6.92 Å². The number of carbonyl (C=O) groups excluding carboxylic acids is 1. The Labute approximate surface area is 58.0 Å². The molecule has 3 nitrogen and oxygen atoms in total. The molecule has 0 rings (SSSR count). The SMILES string of the molecule is CC(=O)[O-].O.[Na+]. The van der Waals surface area contributed by atoms with Crippen LogP contribution in [0.3, 0.4) is 0 Å².